The summed E-state index contributed by atoms with van der Waals surface area (Å²) in [6.45, 7) is 15.5. The molecule has 0 N–H and O–H groups in total. The van der Waals surface area contributed by atoms with Gasteiger partial charge in [0.2, 0.25) is 6.54 Å². The molecule has 1 aromatic rings. The zero-order chi connectivity index (χ0) is 13.4. The predicted molar refractivity (Wildman–Crippen MR) is 72.5 cm³/mol. The van der Waals surface area contributed by atoms with Crippen molar-refractivity contribution >= 4 is 12.6 Å². The zero-order valence-electron chi connectivity index (χ0n) is 11.4. The summed E-state index contributed by atoms with van der Waals surface area (Å²) < 4.78 is 12.0. The van der Waals surface area contributed by atoms with Gasteiger partial charge in [-0.2, -0.15) is 0 Å². The van der Waals surface area contributed by atoms with Crippen LogP contribution in [0.2, 0.25) is 0 Å². The van der Waals surface area contributed by atoms with Crippen molar-refractivity contribution in [1.29, 1.82) is 0 Å². The lowest BCUT2D eigenvalue weighted by molar-refractivity contribution is 0.00578. The van der Waals surface area contributed by atoms with Crippen LogP contribution in [0.4, 0.5) is 0 Å². The highest BCUT2D eigenvalue weighted by molar-refractivity contribution is 6.62. The molecule has 1 aromatic carbocycles. The Bertz CT molecular complexity index is 475. The SMILES string of the molecule is [C-]#[N+]Cc1ccccc1B1OC(C)(C)C(C)(C)O1. The molecule has 1 saturated heterocycles. The molecular formula is C14H18BNO2. The maximum Gasteiger partial charge on any atom is 0.495 e. The molecule has 0 aliphatic carbocycles. The minimum atomic E-state index is -0.382. The Morgan fingerprint density at radius 2 is 1.67 bits per heavy atom. The summed E-state index contributed by atoms with van der Waals surface area (Å²) in [5.41, 5.74) is 1.25. The second-order valence-electron chi connectivity index (χ2n) is 5.60. The third-order valence-electron chi connectivity index (χ3n) is 3.81. The van der Waals surface area contributed by atoms with Crippen LogP contribution in [0, 0.1) is 6.57 Å². The quantitative estimate of drug-likeness (QED) is 0.588. The molecule has 4 heteroatoms. The highest BCUT2D eigenvalue weighted by Crippen LogP contribution is 2.36. The van der Waals surface area contributed by atoms with Crippen molar-refractivity contribution in [2.45, 2.75) is 45.4 Å². The molecule has 0 aromatic heterocycles. The Morgan fingerprint density at radius 3 is 2.22 bits per heavy atom. The number of benzene rings is 1. The lowest BCUT2D eigenvalue weighted by atomic mass is 9.76. The molecule has 1 heterocycles. The van der Waals surface area contributed by atoms with Gasteiger partial charge in [-0.25, -0.2) is 6.57 Å². The number of hydrogen-bond acceptors (Lipinski definition) is 2. The summed E-state index contributed by atoms with van der Waals surface area (Å²) in [6.07, 6.45) is 0. The first-order valence-corrected chi connectivity index (χ1v) is 6.14. The van der Waals surface area contributed by atoms with Gasteiger partial charge in [-0.05, 0) is 33.2 Å². The van der Waals surface area contributed by atoms with Crippen LogP contribution in [-0.2, 0) is 15.9 Å². The van der Waals surface area contributed by atoms with Gasteiger partial charge in [-0.15, -0.1) is 0 Å². The maximum atomic E-state index is 7.01. The molecule has 0 amide bonds. The van der Waals surface area contributed by atoms with E-state index in [1.165, 1.54) is 0 Å². The first-order chi connectivity index (χ1) is 8.37. The van der Waals surface area contributed by atoms with Crippen molar-refractivity contribution in [3.05, 3.63) is 41.2 Å². The average Bonchev–Trinajstić information content (AvgIpc) is 2.49. The molecule has 0 unspecified atom stereocenters. The number of rotatable bonds is 2. The third-order valence-corrected chi connectivity index (χ3v) is 3.81. The monoisotopic (exact) mass is 243 g/mol. The smallest absolute Gasteiger partial charge is 0.399 e. The molecule has 3 nitrogen and oxygen atoms in total. The summed E-state index contributed by atoms with van der Waals surface area (Å²) in [6, 6.07) is 7.82. The van der Waals surface area contributed by atoms with Gasteiger partial charge in [0.25, 0.3) is 0 Å². The minimum absolute atomic E-state index is 0.344. The second kappa shape index (κ2) is 4.42. The summed E-state index contributed by atoms with van der Waals surface area (Å²) in [5.74, 6) is 0. The van der Waals surface area contributed by atoms with E-state index in [-0.39, 0.29) is 18.3 Å². The van der Waals surface area contributed by atoms with Gasteiger partial charge in [0, 0.05) is 5.56 Å². The highest BCUT2D eigenvalue weighted by atomic mass is 16.7. The van der Waals surface area contributed by atoms with Gasteiger partial charge < -0.3 is 14.2 Å². The molecule has 0 bridgehead atoms. The van der Waals surface area contributed by atoms with E-state index in [9.17, 15) is 0 Å². The van der Waals surface area contributed by atoms with Crippen molar-refractivity contribution in [2.24, 2.45) is 0 Å². The topological polar surface area (TPSA) is 22.8 Å². The fourth-order valence-electron chi connectivity index (χ4n) is 1.96. The molecule has 18 heavy (non-hydrogen) atoms. The number of nitrogens with zero attached hydrogens (tertiary/aromatic N) is 1. The molecule has 0 radical (unpaired) electrons. The summed E-state index contributed by atoms with van der Waals surface area (Å²) in [5, 5.41) is 0. The van der Waals surface area contributed by atoms with E-state index in [0.29, 0.717) is 6.54 Å². The van der Waals surface area contributed by atoms with Gasteiger partial charge in [0.1, 0.15) is 0 Å². The van der Waals surface area contributed by atoms with Crippen molar-refractivity contribution in [3.8, 4) is 0 Å². The van der Waals surface area contributed by atoms with Crippen LogP contribution >= 0.6 is 0 Å². The first kappa shape index (κ1) is 13.1. The van der Waals surface area contributed by atoms with Crippen molar-refractivity contribution in [1.82, 2.24) is 0 Å². The minimum Gasteiger partial charge on any atom is -0.399 e. The Balaban J connectivity index is 2.33. The van der Waals surface area contributed by atoms with Crippen molar-refractivity contribution < 1.29 is 9.31 Å². The molecule has 0 atom stereocenters. The van der Waals surface area contributed by atoms with E-state index in [1.54, 1.807) is 0 Å². The highest BCUT2D eigenvalue weighted by Gasteiger charge is 2.52. The molecule has 1 aliphatic rings. The zero-order valence-corrected chi connectivity index (χ0v) is 11.4. The van der Waals surface area contributed by atoms with E-state index in [4.69, 9.17) is 15.9 Å². The fourth-order valence-corrected chi connectivity index (χ4v) is 1.96. The molecule has 1 aliphatic heterocycles. The molecule has 2 rings (SSSR count). The summed E-state index contributed by atoms with van der Waals surface area (Å²) in [7, 11) is -0.382. The van der Waals surface area contributed by atoms with E-state index in [2.05, 4.69) is 4.85 Å². The average molecular weight is 243 g/mol. The van der Waals surface area contributed by atoms with Crippen LogP contribution in [0.15, 0.2) is 24.3 Å². The Kier molecular flexibility index (Phi) is 3.22. The van der Waals surface area contributed by atoms with Crippen molar-refractivity contribution in [2.75, 3.05) is 0 Å². The Hall–Kier alpha value is -1.31. The van der Waals surface area contributed by atoms with Crippen LogP contribution in [0.25, 0.3) is 4.85 Å². The molecule has 0 spiro atoms. The Labute approximate surface area is 109 Å². The van der Waals surface area contributed by atoms with Gasteiger partial charge in [-0.1, -0.05) is 24.3 Å². The first-order valence-electron chi connectivity index (χ1n) is 6.14. The molecule has 1 fully saturated rings. The predicted octanol–water partition coefficient (Wildman–Crippen LogP) is 2.41. The van der Waals surface area contributed by atoms with Gasteiger partial charge in [0.05, 0.1) is 11.2 Å². The normalized spacial score (nSPS) is 20.7. The van der Waals surface area contributed by atoms with E-state index < -0.39 is 0 Å². The van der Waals surface area contributed by atoms with Crippen LogP contribution in [0.1, 0.15) is 33.3 Å². The summed E-state index contributed by atoms with van der Waals surface area (Å²) >= 11 is 0. The fraction of sp³-hybridized carbons (Fsp3) is 0.500. The largest absolute Gasteiger partial charge is 0.495 e. The van der Waals surface area contributed by atoms with Gasteiger partial charge >= 0.3 is 7.12 Å². The van der Waals surface area contributed by atoms with E-state index >= 15 is 0 Å². The number of hydrogen-bond donors (Lipinski definition) is 0. The van der Waals surface area contributed by atoms with Crippen LogP contribution in [0.3, 0.4) is 0 Å². The lowest BCUT2D eigenvalue weighted by Gasteiger charge is -2.32. The van der Waals surface area contributed by atoms with E-state index in [0.717, 1.165) is 11.0 Å². The second-order valence-corrected chi connectivity index (χ2v) is 5.60. The van der Waals surface area contributed by atoms with Gasteiger partial charge in [0.15, 0.2) is 0 Å². The molecular weight excluding hydrogens is 225 g/mol. The Morgan fingerprint density at radius 1 is 1.11 bits per heavy atom. The summed E-state index contributed by atoms with van der Waals surface area (Å²) in [4.78, 5) is 3.45. The molecule has 94 valence electrons. The van der Waals surface area contributed by atoms with E-state index in [1.807, 2.05) is 52.0 Å². The van der Waals surface area contributed by atoms with Gasteiger partial charge in [-0.3, -0.25) is 0 Å². The molecule has 0 saturated carbocycles. The maximum absolute atomic E-state index is 7.01. The van der Waals surface area contributed by atoms with Crippen molar-refractivity contribution in [3.63, 3.8) is 0 Å². The lowest BCUT2D eigenvalue weighted by Crippen LogP contribution is -2.41. The standard InChI is InChI=1S/C14H18BNO2/c1-13(2)14(3,4)18-15(17-13)12-9-7-6-8-11(12)10-16-5/h6-9H,10H2,1-4H3. The van der Waals surface area contributed by atoms with Crippen LogP contribution in [-0.4, -0.2) is 18.3 Å². The third kappa shape index (κ3) is 2.16. The van der Waals surface area contributed by atoms with Crippen LogP contribution < -0.4 is 5.46 Å². The van der Waals surface area contributed by atoms with Crippen LogP contribution in [0.5, 0.6) is 0 Å².